The molecule has 4 rings (SSSR count). The van der Waals surface area contributed by atoms with Gasteiger partial charge in [0.15, 0.2) is 5.58 Å². The number of fused-ring (bicyclic) bond motifs is 1. The summed E-state index contributed by atoms with van der Waals surface area (Å²) in [5, 5.41) is 4.88. The molecule has 2 aromatic heterocycles. The van der Waals surface area contributed by atoms with Crippen LogP contribution in [-0.4, -0.2) is 33.2 Å². The van der Waals surface area contributed by atoms with Gasteiger partial charge in [0, 0.05) is 30.5 Å². The molecule has 0 unspecified atom stereocenters. The molecular formula is C16H15F3N6O. The molecule has 0 saturated carbocycles. The molecule has 2 N–H and O–H groups in total. The average Bonchev–Trinajstić information content (AvgIpc) is 3.04. The van der Waals surface area contributed by atoms with Crippen molar-refractivity contribution in [1.29, 1.82) is 0 Å². The molecule has 1 aliphatic rings. The standard InChI is InChI=1S/C16H15F3N6O/c17-9-1-2-10-11(7-9)26-24-12(10)8-3-5-25(6-4-8)16-22-14(13(18)19)21-15(20)23-16/h1-2,7-8,13H,3-6H2,(H2,20,21,22,23). The fourth-order valence-corrected chi connectivity index (χ4v) is 3.21. The van der Waals surface area contributed by atoms with Crippen LogP contribution in [0.4, 0.5) is 25.1 Å². The first-order valence-electron chi connectivity index (χ1n) is 8.10. The molecule has 3 heterocycles. The number of anilines is 2. The van der Waals surface area contributed by atoms with Crippen LogP contribution in [0.1, 0.15) is 36.7 Å². The number of nitrogens with two attached hydrogens (primary N) is 1. The second-order valence-corrected chi connectivity index (χ2v) is 6.12. The Morgan fingerprint density at radius 2 is 1.92 bits per heavy atom. The van der Waals surface area contributed by atoms with Gasteiger partial charge in [-0.25, -0.2) is 13.2 Å². The molecule has 1 fully saturated rings. The zero-order valence-electron chi connectivity index (χ0n) is 13.6. The van der Waals surface area contributed by atoms with E-state index in [9.17, 15) is 13.2 Å². The van der Waals surface area contributed by atoms with Crippen molar-refractivity contribution in [2.24, 2.45) is 0 Å². The highest BCUT2D eigenvalue weighted by Gasteiger charge is 2.27. The smallest absolute Gasteiger partial charge is 0.297 e. The summed E-state index contributed by atoms with van der Waals surface area (Å²) >= 11 is 0. The van der Waals surface area contributed by atoms with E-state index in [1.54, 1.807) is 11.0 Å². The Bertz CT molecular complexity index is 939. The number of nitrogens with zero attached hydrogens (tertiary/aromatic N) is 5. The van der Waals surface area contributed by atoms with Gasteiger partial charge in [-0.2, -0.15) is 15.0 Å². The van der Waals surface area contributed by atoms with Gasteiger partial charge in [-0.05, 0) is 25.0 Å². The van der Waals surface area contributed by atoms with Crippen LogP contribution in [0.2, 0.25) is 0 Å². The van der Waals surface area contributed by atoms with Crippen LogP contribution in [0.3, 0.4) is 0 Å². The Morgan fingerprint density at radius 3 is 2.65 bits per heavy atom. The number of alkyl halides is 2. The van der Waals surface area contributed by atoms with Gasteiger partial charge in [-0.3, -0.25) is 0 Å². The molecule has 1 aromatic carbocycles. The van der Waals surface area contributed by atoms with Crippen LogP contribution < -0.4 is 10.6 Å². The van der Waals surface area contributed by atoms with Crippen molar-refractivity contribution in [3.63, 3.8) is 0 Å². The van der Waals surface area contributed by atoms with Crippen LogP contribution in [0.15, 0.2) is 22.7 Å². The predicted octanol–water partition coefficient (Wildman–Crippen LogP) is 3.06. The zero-order valence-corrected chi connectivity index (χ0v) is 13.6. The summed E-state index contributed by atoms with van der Waals surface area (Å²) in [6.45, 7) is 1.10. The first kappa shape index (κ1) is 16.6. The normalized spacial score (nSPS) is 15.9. The van der Waals surface area contributed by atoms with E-state index in [2.05, 4.69) is 20.1 Å². The molecule has 0 aliphatic carbocycles. The Hall–Kier alpha value is -2.91. The maximum atomic E-state index is 13.3. The van der Waals surface area contributed by atoms with Crippen molar-refractivity contribution in [2.75, 3.05) is 23.7 Å². The van der Waals surface area contributed by atoms with E-state index in [0.717, 1.165) is 11.1 Å². The number of hydrogen-bond donors (Lipinski definition) is 1. The lowest BCUT2D eigenvalue weighted by Gasteiger charge is -2.31. The van der Waals surface area contributed by atoms with Crippen molar-refractivity contribution in [2.45, 2.75) is 25.2 Å². The topological polar surface area (TPSA) is 94.0 Å². The first-order chi connectivity index (χ1) is 12.5. The molecule has 0 atom stereocenters. The highest BCUT2D eigenvalue weighted by molar-refractivity contribution is 5.79. The van der Waals surface area contributed by atoms with Gasteiger partial charge in [0.05, 0.1) is 5.69 Å². The van der Waals surface area contributed by atoms with Crippen molar-refractivity contribution in [3.8, 4) is 0 Å². The summed E-state index contributed by atoms with van der Waals surface area (Å²) < 4.78 is 44.2. The fourth-order valence-electron chi connectivity index (χ4n) is 3.21. The van der Waals surface area contributed by atoms with Crippen molar-refractivity contribution < 1.29 is 17.7 Å². The van der Waals surface area contributed by atoms with Crippen molar-refractivity contribution in [1.82, 2.24) is 20.1 Å². The highest BCUT2D eigenvalue weighted by atomic mass is 19.3. The quantitative estimate of drug-likeness (QED) is 0.763. The Labute approximate surface area is 146 Å². The minimum absolute atomic E-state index is 0.117. The van der Waals surface area contributed by atoms with Gasteiger partial charge in [0.2, 0.25) is 17.7 Å². The van der Waals surface area contributed by atoms with Gasteiger partial charge in [0.1, 0.15) is 5.82 Å². The first-order valence-corrected chi connectivity index (χ1v) is 8.10. The second kappa shape index (κ2) is 6.43. The molecule has 0 bridgehead atoms. The van der Waals surface area contributed by atoms with E-state index < -0.39 is 12.2 Å². The molecule has 0 spiro atoms. The fraction of sp³-hybridized carbons (Fsp3) is 0.375. The summed E-state index contributed by atoms with van der Waals surface area (Å²) in [5.74, 6) is -0.960. The molecule has 136 valence electrons. The number of hydrogen-bond acceptors (Lipinski definition) is 7. The van der Waals surface area contributed by atoms with E-state index in [1.807, 2.05) is 0 Å². The van der Waals surface area contributed by atoms with Gasteiger partial charge >= 0.3 is 0 Å². The predicted molar refractivity (Wildman–Crippen MR) is 87.4 cm³/mol. The number of piperidine rings is 1. The lowest BCUT2D eigenvalue weighted by atomic mass is 9.92. The number of halogens is 3. The van der Waals surface area contributed by atoms with E-state index in [-0.39, 0.29) is 23.6 Å². The number of nitrogen functional groups attached to an aromatic ring is 1. The summed E-state index contributed by atoms with van der Waals surface area (Å²) in [5.41, 5.74) is 6.70. The summed E-state index contributed by atoms with van der Waals surface area (Å²) in [6, 6.07) is 4.34. The number of benzene rings is 1. The SMILES string of the molecule is Nc1nc(C(F)F)nc(N2CCC(c3noc4cc(F)ccc34)CC2)n1. The summed E-state index contributed by atoms with van der Waals surface area (Å²) in [6.07, 6.45) is -1.40. The minimum Gasteiger partial charge on any atom is -0.368 e. The molecule has 0 amide bonds. The molecule has 1 aliphatic heterocycles. The number of rotatable bonds is 3. The van der Waals surface area contributed by atoms with Crippen molar-refractivity contribution >= 4 is 22.9 Å². The van der Waals surface area contributed by atoms with E-state index in [4.69, 9.17) is 10.3 Å². The van der Waals surface area contributed by atoms with Crippen LogP contribution in [0, 0.1) is 5.82 Å². The maximum absolute atomic E-state index is 13.3. The summed E-state index contributed by atoms with van der Waals surface area (Å²) in [7, 11) is 0. The zero-order chi connectivity index (χ0) is 18.3. The van der Waals surface area contributed by atoms with Gasteiger partial charge in [-0.1, -0.05) is 5.16 Å². The van der Waals surface area contributed by atoms with E-state index >= 15 is 0 Å². The molecule has 10 heteroatoms. The van der Waals surface area contributed by atoms with Crippen molar-refractivity contribution in [3.05, 3.63) is 35.5 Å². The Morgan fingerprint density at radius 1 is 1.15 bits per heavy atom. The molecule has 3 aromatic rings. The van der Waals surface area contributed by atoms with Gasteiger partial charge in [0.25, 0.3) is 6.43 Å². The Balaban J connectivity index is 1.52. The van der Waals surface area contributed by atoms with Crippen LogP contribution in [0.25, 0.3) is 11.0 Å². The number of aromatic nitrogens is 4. The highest BCUT2D eigenvalue weighted by Crippen LogP contribution is 2.33. The molecule has 7 nitrogen and oxygen atoms in total. The van der Waals surface area contributed by atoms with Gasteiger partial charge < -0.3 is 15.2 Å². The molecule has 26 heavy (non-hydrogen) atoms. The van der Waals surface area contributed by atoms with E-state index in [1.165, 1.54) is 12.1 Å². The largest absolute Gasteiger partial charge is 0.368 e. The molecule has 1 saturated heterocycles. The maximum Gasteiger partial charge on any atom is 0.297 e. The summed E-state index contributed by atoms with van der Waals surface area (Å²) in [4.78, 5) is 13.0. The lowest BCUT2D eigenvalue weighted by Crippen LogP contribution is -2.34. The Kier molecular flexibility index (Phi) is 4.09. The molecular weight excluding hydrogens is 349 g/mol. The van der Waals surface area contributed by atoms with Gasteiger partial charge in [-0.15, -0.1) is 0 Å². The third-order valence-electron chi connectivity index (χ3n) is 4.48. The minimum atomic E-state index is -2.81. The second-order valence-electron chi connectivity index (χ2n) is 6.12. The van der Waals surface area contributed by atoms with E-state index in [0.29, 0.717) is 31.5 Å². The monoisotopic (exact) mass is 364 g/mol. The van der Waals surface area contributed by atoms with Crippen LogP contribution >= 0.6 is 0 Å². The average molecular weight is 364 g/mol. The third-order valence-corrected chi connectivity index (χ3v) is 4.48. The van der Waals surface area contributed by atoms with Crippen LogP contribution in [-0.2, 0) is 0 Å². The molecule has 0 radical (unpaired) electrons. The third kappa shape index (κ3) is 3.02. The van der Waals surface area contributed by atoms with Crippen LogP contribution in [0.5, 0.6) is 0 Å². The lowest BCUT2D eigenvalue weighted by molar-refractivity contribution is 0.140.